The highest BCUT2D eigenvalue weighted by Crippen LogP contribution is 2.31. The quantitative estimate of drug-likeness (QED) is 0.785. The van der Waals surface area contributed by atoms with Crippen LogP contribution in [0.2, 0.25) is 0 Å². The van der Waals surface area contributed by atoms with E-state index in [4.69, 9.17) is 0 Å². The van der Waals surface area contributed by atoms with Gasteiger partial charge in [-0.3, -0.25) is 0 Å². The molecule has 102 valence electrons. The van der Waals surface area contributed by atoms with Gasteiger partial charge in [0.15, 0.2) is 0 Å². The van der Waals surface area contributed by atoms with E-state index in [1.54, 1.807) is 25.1 Å². The number of imidazole rings is 1. The third-order valence-electron chi connectivity index (χ3n) is 3.55. The standard InChI is InChI=1S/C14H21N4O/c1-5-8-18(14(19)17-7-6-15-9-17)10-16-13(11(2)3)12(18)4/h6-7,9-11H,5,8H2,1-4H3/q+1. The van der Waals surface area contributed by atoms with Gasteiger partial charge in [-0.05, 0) is 6.42 Å². The Morgan fingerprint density at radius 1 is 1.47 bits per heavy atom. The summed E-state index contributed by atoms with van der Waals surface area (Å²) in [6.45, 7) is 9.01. The molecule has 1 amide bonds. The van der Waals surface area contributed by atoms with Gasteiger partial charge < -0.3 is 0 Å². The topological polar surface area (TPSA) is 47.2 Å². The lowest BCUT2D eigenvalue weighted by molar-refractivity contribution is -0.707. The molecule has 0 spiro atoms. The fourth-order valence-corrected chi connectivity index (χ4v) is 2.56. The van der Waals surface area contributed by atoms with Crippen LogP contribution in [0.25, 0.3) is 0 Å². The van der Waals surface area contributed by atoms with E-state index in [9.17, 15) is 4.79 Å². The monoisotopic (exact) mass is 261 g/mol. The Kier molecular flexibility index (Phi) is 3.66. The second kappa shape index (κ2) is 5.09. The van der Waals surface area contributed by atoms with Gasteiger partial charge in [0.1, 0.15) is 17.7 Å². The Morgan fingerprint density at radius 2 is 2.21 bits per heavy atom. The maximum Gasteiger partial charge on any atom is 0.439 e. The molecule has 0 bridgehead atoms. The number of hydrogen-bond acceptors (Lipinski definition) is 3. The zero-order valence-corrected chi connectivity index (χ0v) is 12.0. The van der Waals surface area contributed by atoms with Crippen molar-refractivity contribution in [3.63, 3.8) is 0 Å². The number of allylic oxidation sites excluding steroid dienone is 2. The molecule has 1 aliphatic heterocycles. The van der Waals surface area contributed by atoms with E-state index >= 15 is 0 Å². The maximum absolute atomic E-state index is 12.8. The molecule has 0 radical (unpaired) electrons. The molecule has 2 rings (SSSR count). The van der Waals surface area contributed by atoms with Crippen molar-refractivity contribution in [3.8, 4) is 0 Å². The van der Waals surface area contributed by atoms with Crippen LogP contribution in [0.5, 0.6) is 0 Å². The number of hydrogen-bond donors (Lipinski definition) is 0. The van der Waals surface area contributed by atoms with E-state index in [2.05, 4.69) is 30.7 Å². The van der Waals surface area contributed by atoms with Crippen LogP contribution >= 0.6 is 0 Å². The van der Waals surface area contributed by atoms with Gasteiger partial charge in [-0.15, -0.1) is 0 Å². The number of aliphatic imine (C=N–C) groups is 1. The molecule has 0 saturated heterocycles. The first-order valence-electron chi connectivity index (χ1n) is 6.70. The number of amides is 1. The van der Waals surface area contributed by atoms with E-state index in [-0.39, 0.29) is 10.5 Å². The number of quaternary nitrogens is 1. The van der Waals surface area contributed by atoms with Crippen molar-refractivity contribution in [2.75, 3.05) is 6.54 Å². The Balaban J connectivity index is 2.47. The lowest BCUT2D eigenvalue weighted by Crippen LogP contribution is -2.51. The van der Waals surface area contributed by atoms with Crippen molar-refractivity contribution in [2.24, 2.45) is 10.9 Å². The minimum atomic E-state index is -0.0174. The van der Waals surface area contributed by atoms with Crippen molar-refractivity contribution >= 4 is 12.4 Å². The number of rotatable bonds is 3. The number of carbonyl (C=O) groups is 1. The molecule has 0 aliphatic carbocycles. The van der Waals surface area contributed by atoms with Crippen LogP contribution in [-0.2, 0) is 0 Å². The predicted octanol–water partition coefficient (Wildman–Crippen LogP) is 3.01. The van der Waals surface area contributed by atoms with Crippen molar-refractivity contribution in [2.45, 2.75) is 34.1 Å². The van der Waals surface area contributed by atoms with Crippen LogP contribution in [0.4, 0.5) is 4.79 Å². The Bertz CT molecular complexity index is 528. The van der Waals surface area contributed by atoms with Gasteiger partial charge in [-0.1, -0.05) is 20.8 Å². The van der Waals surface area contributed by atoms with Gasteiger partial charge in [-0.25, -0.2) is 19.3 Å². The minimum absolute atomic E-state index is 0.0174. The summed E-state index contributed by atoms with van der Waals surface area (Å²) in [6, 6.07) is -0.0174. The van der Waals surface area contributed by atoms with Crippen LogP contribution in [0.1, 0.15) is 34.1 Å². The normalized spacial score (nSPS) is 22.6. The first-order valence-corrected chi connectivity index (χ1v) is 6.70. The molecule has 2 heterocycles. The lowest BCUT2D eigenvalue weighted by atomic mass is 10.1. The molecule has 0 N–H and O–H groups in total. The highest BCUT2D eigenvalue weighted by Gasteiger charge is 2.44. The Hall–Kier alpha value is -1.75. The summed E-state index contributed by atoms with van der Waals surface area (Å²) in [4.78, 5) is 21.2. The van der Waals surface area contributed by atoms with Crippen molar-refractivity contribution in [1.82, 2.24) is 9.55 Å². The molecule has 5 nitrogen and oxygen atoms in total. The first kappa shape index (κ1) is 13.7. The van der Waals surface area contributed by atoms with Crippen LogP contribution in [0.15, 0.2) is 35.1 Å². The average molecular weight is 261 g/mol. The second-order valence-corrected chi connectivity index (χ2v) is 5.21. The van der Waals surface area contributed by atoms with Crippen LogP contribution in [0.3, 0.4) is 0 Å². The molecule has 1 aromatic heterocycles. The number of carbonyl (C=O) groups excluding carboxylic acids is 1. The van der Waals surface area contributed by atoms with E-state index in [1.165, 1.54) is 4.57 Å². The third kappa shape index (κ3) is 2.14. The molecule has 1 aromatic rings. The molecule has 19 heavy (non-hydrogen) atoms. The molecule has 0 aromatic carbocycles. The summed E-state index contributed by atoms with van der Waals surface area (Å²) in [5, 5.41) is 0. The zero-order chi connectivity index (χ0) is 14.0. The smallest absolute Gasteiger partial charge is 0.245 e. The van der Waals surface area contributed by atoms with E-state index in [0.29, 0.717) is 5.92 Å². The Morgan fingerprint density at radius 3 is 2.68 bits per heavy atom. The molecular formula is C14H21N4O+. The van der Waals surface area contributed by atoms with Gasteiger partial charge in [0.2, 0.25) is 6.34 Å². The van der Waals surface area contributed by atoms with Gasteiger partial charge in [-0.2, -0.15) is 4.48 Å². The molecular weight excluding hydrogens is 240 g/mol. The zero-order valence-electron chi connectivity index (χ0n) is 12.0. The lowest BCUT2D eigenvalue weighted by Gasteiger charge is -2.28. The fourth-order valence-electron chi connectivity index (χ4n) is 2.56. The summed E-state index contributed by atoms with van der Waals surface area (Å²) in [7, 11) is 0. The Labute approximate surface area is 113 Å². The number of nitrogens with zero attached hydrogens (tertiary/aromatic N) is 4. The van der Waals surface area contributed by atoms with Gasteiger partial charge in [0.05, 0.1) is 6.54 Å². The molecule has 1 unspecified atom stereocenters. The third-order valence-corrected chi connectivity index (χ3v) is 3.55. The summed E-state index contributed by atoms with van der Waals surface area (Å²) in [6.07, 6.45) is 7.54. The summed E-state index contributed by atoms with van der Waals surface area (Å²) < 4.78 is 1.72. The van der Waals surface area contributed by atoms with E-state index < -0.39 is 0 Å². The van der Waals surface area contributed by atoms with Crippen LogP contribution < -0.4 is 0 Å². The van der Waals surface area contributed by atoms with Crippen molar-refractivity contribution in [1.29, 1.82) is 0 Å². The van der Waals surface area contributed by atoms with E-state index in [0.717, 1.165) is 24.4 Å². The van der Waals surface area contributed by atoms with Gasteiger partial charge in [0.25, 0.3) is 0 Å². The molecule has 0 fully saturated rings. The summed E-state index contributed by atoms with van der Waals surface area (Å²) >= 11 is 0. The van der Waals surface area contributed by atoms with Gasteiger partial charge >= 0.3 is 6.03 Å². The van der Waals surface area contributed by atoms with Crippen molar-refractivity contribution in [3.05, 3.63) is 30.1 Å². The fraction of sp³-hybridized carbons (Fsp3) is 0.500. The molecule has 0 saturated carbocycles. The van der Waals surface area contributed by atoms with Gasteiger partial charge in [0, 0.05) is 25.2 Å². The SMILES string of the molecule is CCC[N+]1(C(=O)n2ccnc2)C=NC(C(C)C)=C1C. The highest BCUT2D eigenvalue weighted by atomic mass is 16.2. The summed E-state index contributed by atoms with van der Waals surface area (Å²) in [5.74, 6) is 0.323. The second-order valence-electron chi connectivity index (χ2n) is 5.21. The maximum atomic E-state index is 12.8. The summed E-state index contributed by atoms with van der Waals surface area (Å²) in [5.41, 5.74) is 2.04. The van der Waals surface area contributed by atoms with E-state index in [1.807, 2.05) is 6.92 Å². The number of aromatic nitrogens is 2. The molecule has 1 atom stereocenters. The molecule has 5 heteroatoms. The minimum Gasteiger partial charge on any atom is -0.245 e. The first-order chi connectivity index (χ1) is 9.03. The highest BCUT2D eigenvalue weighted by molar-refractivity contribution is 5.80. The predicted molar refractivity (Wildman–Crippen MR) is 74.5 cm³/mol. The average Bonchev–Trinajstić information content (AvgIpc) is 2.98. The largest absolute Gasteiger partial charge is 0.439 e. The molecule has 1 aliphatic rings. The van der Waals surface area contributed by atoms with Crippen LogP contribution in [-0.4, -0.2) is 32.9 Å². The van der Waals surface area contributed by atoms with Crippen molar-refractivity contribution < 1.29 is 9.28 Å². The van der Waals surface area contributed by atoms with Crippen LogP contribution in [0, 0.1) is 5.92 Å².